The third-order valence-corrected chi connectivity index (χ3v) is 8.59. The summed E-state index contributed by atoms with van der Waals surface area (Å²) in [5.74, 6) is -0.472. The first kappa shape index (κ1) is 25.3. The lowest BCUT2D eigenvalue weighted by Gasteiger charge is -2.17. The first-order chi connectivity index (χ1) is 16.8. The lowest BCUT2D eigenvalue weighted by Crippen LogP contribution is -2.26. The molecular weight excluding hydrogens is 506 g/mol. The van der Waals surface area contributed by atoms with Crippen molar-refractivity contribution in [2.45, 2.75) is 18.0 Å². The van der Waals surface area contributed by atoms with Gasteiger partial charge in [0.25, 0.3) is 5.91 Å². The van der Waals surface area contributed by atoms with Crippen LogP contribution in [0.1, 0.15) is 15.9 Å². The highest BCUT2D eigenvalue weighted by atomic mass is 35.5. The first-order valence-electron chi connectivity index (χ1n) is 10.8. The third kappa shape index (κ3) is 5.55. The molecule has 1 heterocycles. The third-order valence-electron chi connectivity index (χ3n) is 5.43. The van der Waals surface area contributed by atoms with Crippen LogP contribution in [0.25, 0.3) is 10.2 Å². The second kappa shape index (κ2) is 10.8. The minimum atomic E-state index is -3.72. The number of halogens is 1. The van der Waals surface area contributed by atoms with Gasteiger partial charge in [0.15, 0.2) is 4.80 Å². The van der Waals surface area contributed by atoms with E-state index < -0.39 is 15.9 Å². The van der Waals surface area contributed by atoms with Gasteiger partial charge in [-0.25, -0.2) is 8.42 Å². The second-order valence-corrected chi connectivity index (χ2v) is 11.3. The Kier molecular flexibility index (Phi) is 7.83. The van der Waals surface area contributed by atoms with E-state index in [0.29, 0.717) is 23.0 Å². The summed E-state index contributed by atoms with van der Waals surface area (Å²) in [4.78, 5) is 17.9. The molecule has 4 aromatic rings. The Morgan fingerprint density at radius 1 is 1.06 bits per heavy atom. The van der Waals surface area contributed by atoms with Crippen LogP contribution in [0.2, 0.25) is 5.02 Å². The zero-order chi connectivity index (χ0) is 25.0. The SMILES string of the molecule is COCCn1c(=NC(=O)c2ccc(S(=O)(=O)N(C)Cc3ccccc3)cc2)sc2cccc(Cl)c21. The molecule has 10 heteroatoms. The number of carbonyl (C=O) groups is 1. The number of nitrogens with zero attached hydrogens (tertiary/aromatic N) is 3. The zero-order valence-electron chi connectivity index (χ0n) is 19.2. The fourth-order valence-electron chi connectivity index (χ4n) is 3.59. The number of thiazole rings is 1. The van der Waals surface area contributed by atoms with E-state index in [2.05, 4.69) is 4.99 Å². The van der Waals surface area contributed by atoms with Crippen molar-refractivity contribution in [2.75, 3.05) is 20.8 Å². The quantitative estimate of drug-likeness (QED) is 0.335. The number of ether oxygens (including phenoxy) is 1. The Labute approximate surface area is 212 Å². The fraction of sp³-hybridized carbons (Fsp3) is 0.200. The van der Waals surface area contributed by atoms with Crippen molar-refractivity contribution >= 4 is 49.1 Å². The lowest BCUT2D eigenvalue weighted by molar-refractivity contribution is 0.0997. The van der Waals surface area contributed by atoms with Gasteiger partial charge in [-0.05, 0) is 42.0 Å². The van der Waals surface area contributed by atoms with Gasteiger partial charge in [0.05, 0.1) is 26.7 Å². The topological polar surface area (TPSA) is 81.0 Å². The summed E-state index contributed by atoms with van der Waals surface area (Å²) in [5.41, 5.74) is 1.97. The van der Waals surface area contributed by atoms with Crippen molar-refractivity contribution in [1.29, 1.82) is 0 Å². The average molecular weight is 530 g/mol. The van der Waals surface area contributed by atoms with Gasteiger partial charge in [-0.15, -0.1) is 0 Å². The van der Waals surface area contributed by atoms with E-state index in [1.807, 2.05) is 47.0 Å². The molecular formula is C25H24ClN3O4S2. The highest BCUT2D eigenvalue weighted by Crippen LogP contribution is 2.25. The molecule has 35 heavy (non-hydrogen) atoms. The summed E-state index contributed by atoms with van der Waals surface area (Å²) in [7, 11) is -0.584. The monoisotopic (exact) mass is 529 g/mol. The second-order valence-electron chi connectivity index (χ2n) is 7.80. The van der Waals surface area contributed by atoms with Gasteiger partial charge in [-0.3, -0.25) is 4.79 Å². The van der Waals surface area contributed by atoms with Crippen molar-refractivity contribution in [1.82, 2.24) is 8.87 Å². The highest BCUT2D eigenvalue weighted by Gasteiger charge is 2.21. The summed E-state index contributed by atoms with van der Waals surface area (Å²) in [6.07, 6.45) is 0. The zero-order valence-corrected chi connectivity index (χ0v) is 21.6. The number of para-hydroxylation sites is 1. The highest BCUT2D eigenvalue weighted by molar-refractivity contribution is 7.89. The largest absolute Gasteiger partial charge is 0.383 e. The predicted octanol–water partition coefficient (Wildman–Crippen LogP) is 4.56. The molecule has 4 rings (SSSR count). The van der Waals surface area contributed by atoms with Crippen LogP contribution >= 0.6 is 22.9 Å². The van der Waals surface area contributed by atoms with E-state index >= 15 is 0 Å². The summed E-state index contributed by atoms with van der Waals surface area (Å²) >= 11 is 7.76. The standard InChI is InChI=1S/C25H24ClN3O4S2/c1-28(17-18-7-4-3-5-8-18)35(31,32)20-13-11-19(12-14-20)24(30)27-25-29(15-16-33-2)23-21(26)9-6-10-22(23)34-25/h3-14H,15-17H2,1-2H3. The summed E-state index contributed by atoms with van der Waals surface area (Å²) in [5, 5.41) is 0.568. The number of benzene rings is 3. The van der Waals surface area contributed by atoms with Crippen LogP contribution in [-0.2, 0) is 27.8 Å². The minimum absolute atomic E-state index is 0.108. The van der Waals surface area contributed by atoms with E-state index in [9.17, 15) is 13.2 Å². The normalized spacial score (nSPS) is 12.5. The Hall–Kier alpha value is -2.82. The Morgan fingerprint density at radius 2 is 1.77 bits per heavy atom. The van der Waals surface area contributed by atoms with Crippen LogP contribution in [0, 0.1) is 0 Å². The number of hydrogen-bond acceptors (Lipinski definition) is 5. The van der Waals surface area contributed by atoms with Crippen molar-refractivity contribution in [3.8, 4) is 0 Å². The summed E-state index contributed by atoms with van der Waals surface area (Å²) in [6.45, 7) is 1.16. The molecule has 1 amide bonds. The maximum Gasteiger partial charge on any atom is 0.279 e. The molecule has 182 valence electrons. The first-order valence-corrected chi connectivity index (χ1v) is 13.4. The minimum Gasteiger partial charge on any atom is -0.383 e. The summed E-state index contributed by atoms with van der Waals surface area (Å²) < 4.78 is 35.2. The van der Waals surface area contributed by atoms with Gasteiger partial charge in [-0.2, -0.15) is 9.30 Å². The number of methoxy groups -OCH3 is 1. The smallest absolute Gasteiger partial charge is 0.279 e. The van der Waals surface area contributed by atoms with Crippen molar-refractivity contribution in [2.24, 2.45) is 4.99 Å². The van der Waals surface area contributed by atoms with Crippen molar-refractivity contribution < 1.29 is 17.9 Å². The number of carbonyl (C=O) groups excluding carboxylic acids is 1. The van der Waals surface area contributed by atoms with Crippen molar-refractivity contribution in [3.63, 3.8) is 0 Å². The molecule has 3 aromatic carbocycles. The van der Waals surface area contributed by atoms with Crippen LogP contribution in [0.3, 0.4) is 0 Å². The molecule has 0 N–H and O–H groups in total. The maximum absolute atomic E-state index is 13.0. The molecule has 0 spiro atoms. The molecule has 0 fully saturated rings. The molecule has 0 bridgehead atoms. The average Bonchev–Trinajstić information content (AvgIpc) is 3.21. The van der Waals surface area contributed by atoms with Crippen LogP contribution in [0.4, 0.5) is 0 Å². The molecule has 0 saturated carbocycles. The number of fused-ring (bicyclic) bond motifs is 1. The number of sulfonamides is 1. The lowest BCUT2D eigenvalue weighted by atomic mass is 10.2. The van der Waals surface area contributed by atoms with Gasteiger partial charge in [0.1, 0.15) is 0 Å². The molecule has 7 nitrogen and oxygen atoms in total. The summed E-state index contributed by atoms with van der Waals surface area (Å²) in [6, 6.07) is 20.7. The Balaban J connectivity index is 1.61. The van der Waals surface area contributed by atoms with Crippen LogP contribution in [0.5, 0.6) is 0 Å². The molecule has 0 aliphatic heterocycles. The number of rotatable bonds is 8. The van der Waals surface area contributed by atoms with E-state index in [-0.39, 0.29) is 17.0 Å². The van der Waals surface area contributed by atoms with Crippen molar-refractivity contribution in [3.05, 3.63) is 93.7 Å². The molecule has 0 aliphatic carbocycles. The van der Waals surface area contributed by atoms with Gasteiger partial charge in [0, 0.05) is 32.8 Å². The molecule has 0 saturated heterocycles. The predicted molar refractivity (Wildman–Crippen MR) is 138 cm³/mol. The van der Waals surface area contributed by atoms with Crippen LogP contribution in [0.15, 0.2) is 82.7 Å². The number of amides is 1. The fourth-order valence-corrected chi connectivity index (χ4v) is 6.16. The van der Waals surface area contributed by atoms with Gasteiger partial charge < -0.3 is 9.30 Å². The van der Waals surface area contributed by atoms with Crippen LogP contribution in [-0.4, -0.2) is 44.0 Å². The molecule has 0 atom stereocenters. The number of hydrogen-bond donors (Lipinski definition) is 0. The molecule has 1 aromatic heterocycles. The molecule has 0 unspecified atom stereocenters. The van der Waals surface area contributed by atoms with Gasteiger partial charge in [0.2, 0.25) is 10.0 Å². The number of aromatic nitrogens is 1. The van der Waals surface area contributed by atoms with E-state index in [0.717, 1.165) is 15.8 Å². The van der Waals surface area contributed by atoms with Gasteiger partial charge in [-0.1, -0.05) is 59.3 Å². The van der Waals surface area contributed by atoms with Gasteiger partial charge >= 0.3 is 0 Å². The maximum atomic E-state index is 13.0. The van der Waals surface area contributed by atoms with E-state index in [4.69, 9.17) is 16.3 Å². The Bertz CT molecular complexity index is 1510. The Morgan fingerprint density at radius 3 is 2.46 bits per heavy atom. The van der Waals surface area contributed by atoms with Crippen LogP contribution < -0.4 is 4.80 Å². The molecule has 0 aliphatic rings. The molecule has 0 radical (unpaired) electrons. The van der Waals surface area contributed by atoms with E-state index in [1.165, 1.54) is 47.0 Å². The van der Waals surface area contributed by atoms with E-state index in [1.54, 1.807) is 13.2 Å².